The highest BCUT2D eigenvalue weighted by Crippen LogP contribution is 2.17. The van der Waals surface area contributed by atoms with Crippen molar-refractivity contribution in [3.8, 4) is 6.07 Å². The van der Waals surface area contributed by atoms with Crippen molar-refractivity contribution in [1.29, 1.82) is 5.26 Å². The monoisotopic (exact) mass is 263 g/mol. The van der Waals surface area contributed by atoms with Gasteiger partial charge in [-0.1, -0.05) is 0 Å². The summed E-state index contributed by atoms with van der Waals surface area (Å²) in [5.41, 5.74) is 1.04. The lowest BCUT2D eigenvalue weighted by molar-refractivity contribution is 0.601. The predicted molar refractivity (Wildman–Crippen MR) is 63.1 cm³/mol. The van der Waals surface area contributed by atoms with Gasteiger partial charge >= 0.3 is 0 Å². The molecule has 92 valence electrons. The van der Waals surface area contributed by atoms with E-state index in [2.05, 4.69) is 20.1 Å². The van der Waals surface area contributed by atoms with E-state index in [9.17, 15) is 8.42 Å². The second-order valence-corrected chi connectivity index (χ2v) is 5.23. The molecule has 0 unspecified atom stereocenters. The van der Waals surface area contributed by atoms with Gasteiger partial charge in [0.25, 0.3) is 10.0 Å². The second kappa shape index (κ2) is 4.46. The van der Waals surface area contributed by atoms with Gasteiger partial charge in [0.15, 0.2) is 5.82 Å². The van der Waals surface area contributed by atoms with Crippen LogP contribution in [0.5, 0.6) is 0 Å². The van der Waals surface area contributed by atoms with E-state index in [1.54, 1.807) is 6.92 Å². The predicted octanol–water partition coefficient (Wildman–Crippen LogP) is 0.786. The number of H-pyrrole nitrogens is 1. The van der Waals surface area contributed by atoms with Gasteiger partial charge in [0, 0.05) is 0 Å². The Labute approximate surface area is 104 Å². The average Bonchev–Trinajstić information content (AvgIpc) is 2.81. The number of aromatic amines is 1. The number of aromatic nitrogens is 3. The first kappa shape index (κ1) is 12.1. The molecule has 0 amide bonds. The van der Waals surface area contributed by atoms with Crippen LogP contribution in [0.1, 0.15) is 11.1 Å². The van der Waals surface area contributed by atoms with Crippen molar-refractivity contribution in [2.75, 3.05) is 4.72 Å². The third-order valence-corrected chi connectivity index (χ3v) is 3.63. The Kier molecular flexibility index (Phi) is 2.99. The molecular weight excluding hydrogens is 254 g/mol. The summed E-state index contributed by atoms with van der Waals surface area (Å²) in [6, 6.07) is 6.24. The summed E-state index contributed by atoms with van der Waals surface area (Å²) in [6.45, 7) is 1.67. The fourth-order valence-corrected chi connectivity index (χ4v) is 2.45. The van der Waals surface area contributed by atoms with Gasteiger partial charge in [-0.05, 0) is 30.7 Å². The van der Waals surface area contributed by atoms with Crippen molar-refractivity contribution in [1.82, 2.24) is 15.4 Å². The van der Waals surface area contributed by atoms with Gasteiger partial charge in [-0.3, -0.25) is 4.72 Å². The van der Waals surface area contributed by atoms with Crippen molar-refractivity contribution >= 4 is 15.8 Å². The lowest BCUT2D eigenvalue weighted by Gasteiger charge is -2.06. The Bertz CT molecular complexity index is 700. The number of nitrogens with one attached hydrogen (secondary N) is 2. The zero-order chi connectivity index (χ0) is 13.2. The largest absolute Gasteiger partial charge is 0.263 e. The Hall–Kier alpha value is -2.40. The molecule has 0 bridgehead atoms. The van der Waals surface area contributed by atoms with Crippen LogP contribution in [0.4, 0.5) is 5.82 Å². The Morgan fingerprint density at radius 1 is 1.44 bits per heavy atom. The van der Waals surface area contributed by atoms with Gasteiger partial charge in [0.1, 0.15) is 0 Å². The van der Waals surface area contributed by atoms with E-state index in [1.807, 2.05) is 6.07 Å². The molecule has 1 aromatic carbocycles. The van der Waals surface area contributed by atoms with E-state index >= 15 is 0 Å². The molecule has 0 aliphatic heterocycles. The van der Waals surface area contributed by atoms with Gasteiger partial charge in [-0.25, -0.2) is 8.42 Å². The summed E-state index contributed by atoms with van der Waals surface area (Å²) in [6.07, 6.45) is 1.26. The quantitative estimate of drug-likeness (QED) is 0.850. The van der Waals surface area contributed by atoms with Crippen molar-refractivity contribution in [3.05, 3.63) is 35.5 Å². The van der Waals surface area contributed by atoms with E-state index in [0.717, 1.165) is 0 Å². The van der Waals surface area contributed by atoms with Crippen LogP contribution in [0, 0.1) is 18.3 Å². The maximum atomic E-state index is 12.0. The number of nitriles is 1. The minimum Gasteiger partial charge on any atom is -0.261 e. The Balaban J connectivity index is 2.36. The molecule has 1 aromatic heterocycles. The molecule has 0 radical (unpaired) electrons. The Morgan fingerprint density at radius 3 is 2.78 bits per heavy atom. The summed E-state index contributed by atoms with van der Waals surface area (Å²) < 4.78 is 26.2. The number of aryl methyl sites for hydroxylation is 1. The summed E-state index contributed by atoms with van der Waals surface area (Å²) in [5.74, 6) is 0.108. The van der Waals surface area contributed by atoms with Crippen LogP contribution in [-0.4, -0.2) is 23.8 Å². The average molecular weight is 263 g/mol. The third-order valence-electron chi connectivity index (χ3n) is 2.28. The maximum absolute atomic E-state index is 12.0. The molecule has 8 heteroatoms. The van der Waals surface area contributed by atoms with Crippen LogP contribution in [0.2, 0.25) is 0 Å². The highest BCUT2D eigenvalue weighted by molar-refractivity contribution is 7.92. The number of anilines is 1. The van der Waals surface area contributed by atoms with Crippen molar-refractivity contribution < 1.29 is 8.42 Å². The topological polar surface area (TPSA) is 112 Å². The molecule has 0 saturated carbocycles. The first-order chi connectivity index (χ1) is 8.53. The molecule has 0 aliphatic rings. The van der Waals surface area contributed by atoms with Crippen molar-refractivity contribution in [3.63, 3.8) is 0 Å². The summed E-state index contributed by atoms with van der Waals surface area (Å²) >= 11 is 0. The summed E-state index contributed by atoms with van der Waals surface area (Å²) in [4.78, 5) is 0.0713. The normalized spacial score (nSPS) is 10.9. The SMILES string of the molecule is Cc1cc(S(=O)(=O)Nc2cn[nH]n2)ccc1C#N. The van der Waals surface area contributed by atoms with Gasteiger partial charge in [0.05, 0.1) is 22.7 Å². The van der Waals surface area contributed by atoms with Crippen LogP contribution in [0.15, 0.2) is 29.3 Å². The van der Waals surface area contributed by atoms with Gasteiger partial charge in [-0.2, -0.15) is 15.6 Å². The fourth-order valence-electron chi connectivity index (χ4n) is 1.38. The van der Waals surface area contributed by atoms with Crippen LogP contribution in [-0.2, 0) is 10.0 Å². The van der Waals surface area contributed by atoms with Crippen LogP contribution in [0.25, 0.3) is 0 Å². The highest BCUT2D eigenvalue weighted by atomic mass is 32.2. The molecule has 2 aromatic rings. The Morgan fingerprint density at radius 2 is 2.22 bits per heavy atom. The summed E-state index contributed by atoms with van der Waals surface area (Å²) in [7, 11) is -3.71. The molecule has 0 spiro atoms. The standard InChI is InChI=1S/C10H9N5O2S/c1-7-4-9(3-2-8(7)5-11)18(16,17)14-10-6-12-15-13-10/h2-4,6H,1H3,(H2,12,13,14,15). The van der Waals surface area contributed by atoms with E-state index in [-0.39, 0.29) is 10.7 Å². The zero-order valence-electron chi connectivity index (χ0n) is 9.38. The first-order valence-corrected chi connectivity index (χ1v) is 6.40. The van der Waals surface area contributed by atoms with Gasteiger partial charge < -0.3 is 0 Å². The lowest BCUT2D eigenvalue weighted by Crippen LogP contribution is -2.13. The molecule has 18 heavy (non-hydrogen) atoms. The lowest BCUT2D eigenvalue weighted by atomic mass is 10.1. The molecule has 2 rings (SSSR count). The molecule has 0 saturated heterocycles. The number of benzene rings is 1. The summed E-state index contributed by atoms with van der Waals surface area (Å²) in [5, 5.41) is 18.2. The second-order valence-electron chi connectivity index (χ2n) is 3.55. The van der Waals surface area contributed by atoms with E-state index in [0.29, 0.717) is 11.1 Å². The highest BCUT2D eigenvalue weighted by Gasteiger charge is 2.16. The van der Waals surface area contributed by atoms with Gasteiger partial charge in [0.2, 0.25) is 0 Å². The van der Waals surface area contributed by atoms with Crippen LogP contribution >= 0.6 is 0 Å². The molecule has 0 atom stereocenters. The molecule has 0 fully saturated rings. The maximum Gasteiger partial charge on any atom is 0.263 e. The molecule has 2 N–H and O–H groups in total. The number of rotatable bonds is 3. The smallest absolute Gasteiger partial charge is 0.261 e. The molecule has 0 aliphatic carbocycles. The van der Waals surface area contributed by atoms with Crippen molar-refractivity contribution in [2.24, 2.45) is 0 Å². The van der Waals surface area contributed by atoms with Crippen LogP contribution in [0.3, 0.4) is 0 Å². The first-order valence-electron chi connectivity index (χ1n) is 4.92. The minimum absolute atomic E-state index is 0.0713. The number of sulfonamides is 1. The molecular formula is C10H9N5O2S. The molecule has 1 heterocycles. The fraction of sp³-hybridized carbons (Fsp3) is 0.100. The third kappa shape index (κ3) is 2.31. The van der Waals surface area contributed by atoms with E-state index < -0.39 is 10.0 Å². The molecule has 7 nitrogen and oxygen atoms in total. The number of hydrogen-bond acceptors (Lipinski definition) is 5. The van der Waals surface area contributed by atoms with E-state index in [1.165, 1.54) is 24.4 Å². The number of nitrogens with zero attached hydrogens (tertiary/aromatic N) is 3. The zero-order valence-corrected chi connectivity index (χ0v) is 10.2. The van der Waals surface area contributed by atoms with Crippen molar-refractivity contribution in [2.45, 2.75) is 11.8 Å². The van der Waals surface area contributed by atoms with E-state index in [4.69, 9.17) is 5.26 Å². The number of hydrogen-bond donors (Lipinski definition) is 2. The van der Waals surface area contributed by atoms with Crippen LogP contribution < -0.4 is 4.72 Å². The van der Waals surface area contributed by atoms with Gasteiger partial charge in [-0.15, -0.1) is 5.10 Å². The minimum atomic E-state index is -3.71.